The average molecular weight is 186 g/mol. The van der Waals surface area contributed by atoms with E-state index in [1.54, 1.807) is 7.11 Å². The fraction of sp³-hybridized carbons (Fsp3) is 0.750. The first-order chi connectivity index (χ1) is 6.31. The van der Waals surface area contributed by atoms with E-state index in [0.717, 1.165) is 0 Å². The quantitative estimate of drug-likeness (QED) is 0.553. The Labute approximate surface area is 77.6 Å². The fourth-order valence-corrected chi connectivity index (χ4v) is 0.616. The number of rotatable bonds is 7. The first-order valence-corrected chi connectivity index (χ1v) is 4.01. The molecular formula is C8H14N2O3. The third-order valence-corrected chi connectivity index (χ3v) is 1.22. The first-order valence-electron chi connectivity index (χ1n) is 4.01. The van der Waals surface area contributed by atoms with Gasteiger partial charge in [0.25, 0.3) is 0 Å². The molecular weight excluding hydrogens is 172 g/mol. The summed E-state index contributed by atoms with van der Waals surface area (Å²) < 4.78 is 9.67. The van der Waals surface area contributed by atoms with Gasteiger partial charge in [-0.1, -0.05) is 0 Å². The largest absolute Gasteiger partial charge is 0.382 e. The van der Waals surface area contributed by atoms with E-state index >= 15 is 0 Å². The van der Waals surface area contributed by atoms with Crippen molar-refractivity contribution in [2.24, 2.45) is 0 Å². The van der Waals surface area contributed by atoms with Gasteiger partial charge in [0.2, 0.25) is 5.91 Å². The highest BCUT2D eigenvalue weighted by Gasteiger charge is 1.98. The van der Waals surface area contributed by atoms with Crippen molar-refractivity contribution in [2.45, 2.75) is 6.42 Å². The third kappa shape index (κ3) is 8.79. The smallest absolute Gasteiger partial charge is 0.246 e. The second-order valence-electron chi connectivity index (χ2n) is 2.30. The number of hydrogen-bond donors (Lipinski definition) is 1. The van der Waals surface area contributed by atoms with Crippen molar-refractivity contribution < 1.29 is 14.3 Å². The van der Waals surface area contributed by atoms with Gasteiger partial charge in [-0.3, -0.25) is 4.79 Å². The SMILES string of the molecule is COCCOCC(=O)NCCC#N. The Morgan fingerprint density at radius 3 is 2.92 bits per heavy atom. The molecule has 0 aromatic rings. The molecule has 0 aliphatic heterocycles. The number of nitrogens with one attached hydrogen (secondary N) is 1. The van der Waals surface area contributed by atoms with Gasteiger partial charge in [-0.15, -0.1) is 0 Å². The van der Waals surface area contributed by atoms with Gasteiger partial charge in [-0.25, -0.2) is 0 Å². The minimum atomic E-state index is -0.202. The Bertz CT molecular complexity index is 177. The van der Waals surface area contributed by atoms with Gasteiger partial charge in [0.05, 0.1) is 25.7 Å². The minimum Gasteiger partial charge on any atom is -0.382 e. The summed E-state index contributed by atoms with van der Waals surface area (Å²) in [6.45, 7) is 1.28. The molecule has 0 saturated heterocycles. The molecule has 0 rings (SSSR count). The monoisotopic (exact) mass is 186 g/mol. The Kier molecular flexibility index (Phi) is 8.20. The Morgan fingerprint density at radius 1 is 1.54 bits per heavy atom. The number of hydrogen-bond acceptors (Lipinski definition) is 4. The lowest BCUT2D eigenvalue weighted by Crippen LogP contribution is -2.28. The summed E-state index contributed by atoms with van der Waals surface area (Å²) in [7, 11) is 1.57. The molecule has 0 heterocycles. The second-order valence-corrected chi connectivity index (χ2v) is 2.30. The summed E-state index contributed by atoms with van der Waals surface area (Å²) in [6.07, 6.45) is 0.323. The maximum Gasteiger partial charge on any atom is 0.246 e. The summed E-state index contributed by atoms with van der Waals surface area (Å²) in [5, 5.41) is 10.7. The summed E-state index contributed by atoms with van der Waals surface area (Å²) in [6, 6.07) is 1.92. The molecule has 0 aliphatic carbocycles. The van der Waals surface area contributed by atoms with Crippen molar-refractivity contribution in [3.05, 3.63) is 0 Å². The number of methoxy groups -OCH3 is 1. The highest BCUT2D eigenvalue weighted by atomic mass is 16.5. The molecule has 0 fully saturated rings. The van der Waals surface area contributed by atoms with Crippen molar-refractivity contribution in [1.29, 1.82) is 5.26 Å². The van der Waals surface area contributed by atoms with Crippen molar-refractivity contribution in [3.8, 4) is 6.07 Å². The van der Waals surface area contributed by atoms with E-state index < -0.39 is 0 Å². The molecule has 1 amide bonds. The van der Waals surface area contributed by atoms with Crippen LogP contribution in [-0.2, 0) is 14.3 Å². The molecule has 0 bridgehead atoms. The summed E-state index contributed by atoms with van der Waals surface area (Å²) in [4.78, 5) is 10.9. The van der Waals surface area contributed by atoms with Crippen molar-refractivity contribution in [3.63, 3.8) is 0 Å². The average Bonchev–Trinajstić information content (AvgIpc) is 2.13. The molecule has 5 heteroatoms. The molecule has 0 atom stereocenters. The van der Waals surface area contributed by atoms with E-state index in [-0.39, 0.29) is 12.5 Å². The van der Waals surface area contributed by atoms with E-state index in [1.807, 2.05) is 6.07 Å². The number of amides is 1. The van der Waals surface area contributed by atoms with E-state index in [0.29, 0.717) is 26.2 Å². The Morgan fingerprint density at radius 2 is 2.31 bits per heavy atom. The first kappa shape index (κ1) is 11.9. The van der Waals surface area contributed by atoms with Crippen molar-refractivity contribution >= 4 is 5.91 Å². The molecule has 0 aromatic carbocycles. The zero-order valence-corrected chi connectivity index (χ0v) is 7.71. The molecule has 0 aromatic heterocycles. The molecule has 0 unspecified atom stereocenters. The lowest BCUT2D eigenvalue weighted by Gasteiger charge is -2.03. The highest BCUT2D eigenvalue weighted by Crippen LogP contribution is 1.77. The lowest BCUT2D eigenvalue weighted by molar-refractivity contribution is -0.126. The lowest BCUT2D eigenvalue weighted by atomic mass is 10.4. The number of carbonyl (C=O) groups is 1. The normalized spacial score (nSPS) is 9.23. The van der Waals surface area contributed by atoms with Crippen LogP contribution in [0.2, 0.25) is 0 Å². The zero-order chi connectivity index (χ0) is 9.94. The van der Waals surface area contributed by atoms with Gasteiger partial charge in [0.15, 0.2) is 0 Å². The van der Waals surface area contributed by atoms with Crippen molar-refractivity contribution in [2.75, 3.05) is 33.5 Å². The predicted molar refractivity (Wildman–Crippen MR) is 45.9 cm³/mol. The summed E-state index contributed by atoms with van der Waals surface area (Å²) in [5.74, 6) is -0.202. The molecule has 5 nitrogen and oxygen atoms in total. The van der Waals surface area contributed by atoms with Crippen LogP contribution in [0.25, 0.3) is 0 Å². The van der Waals surface area contributed by atoms with Crippen LogP contribution >= 0.6 is 0 Å². The van der Waals surface area contributed by atoms with E-state index in [2.05, 4.69) is 5.32 Å². The Hall–Kier alpha value is -1.12. The fourth-order valence-electron chi connectivity index (χ4n) is 0.616. The molecule has 0 spiro atoms. The van der Waals surface area contributed by atoms with Crippen LogP contribution in [0.1, 0.15) is 6.42 Å². The second kappa shape index (κ2) is 8.97. The van der Waals surface area contributed by atoms with Crippen LogP contribution in [-0.4, -0.2) is 39.4 Å². The van der Waals surface area contributed by atoms with Crippen LogP contribution in [0, 0.1) is 11.3 Å². The van der Waals surface area contributed by atoms with Gasteiger partial charge in [-0.05, 0) is 0 Å². The van der Waals surface area contributed by atoms with Gasteiger partial charge < -0.3 is 14.8 Å². The Balaban J connectivity index is 3.16. The van der Waals surface area contributed by atoms with E-state index in [4.69, 9.17) is 14.7 Å². The molecule has 1 N–H and O–H groups in total. The van der Waals surface area contributed by atoms with Crippen LogP contribution in [0.4, 0.5) is 0 Å². The summed E-state index contributed by atoms with van der Waals surface area (Å²) in [5.41, 5.74) is 0. The van der Waals surface area contributed by atoms with Gasteiger partial charge in [-0.2, -0.15) is 5.26 Å². The standard InChI is InChI=1S/C8H14N2O3/c1-12-5-6-13-7-8(11)10-4-2-3-9/h2,4-7H2,1H3,(H,10,11). The molecule has 13 heavy (non-hydrogen) atoms. The maximum atomic E-state index is 10.9. The number of ether oxygens (including phenoxy) is 2. The van der Waals surface area contributed by atoms with E-state index in [1.165, 1.54) is 0 Å². The van der Waals surface area contributed by atoms with Gasteiger partial charge in [0.1, 0.15) is 6.61 Å². The van der Waals surface area contributed by atoms with E-state index in [9.17, 15) is 4.79 Å². The van der Waals surface area contributed by atoms with Crippen LogP contribution in [0.3, 0.4) is 0 Å². The molecule has 0 aliphatic rings. The number of carbonyl (C=O) groups excluding carboxylic acids is 1. The number of nitrogens with zero attached hydrogens (tertiary/aromatic N) is 1. The van der Waals surface area contributed by atoms with Crippen LogP contribution < -0.4 is 5.32 Å². The molecule has 0 saturated carbocycles. The van der Waals surface area contributed by atoms with Crippen LogP contribution in [0.5, 0.6) is 0 Å². The van der Waals surface area contributed by atoms with Crippen LogP contribution in [0.15, 0.2) is 0 Å². The minimum absolute atomic E-state index is 0.0226. The predicted octanol–water partition coefficient (Wildman–Crippen LogP) is -0.321. The van der Waals surface area contributed by atoms with Gasteiger partial charge >= 0.3 is 0 Å². The van der Waals surface area contributed by atoms with Gasteiger partial charge in [0, 0.05) is 13.7 Å². The number of nitriles is 1. The zero-order valence-electron chi connectivity index (χ0n) is 7.71. The molecule has 74 valence electrons. The van der Waals surface area contributed by atoms with Crippen molar-refractivity contribution in [1.82, 2.24) is 5.32 Å². The highest BCUT2D eigenvalue weighted by molar-refractivity contribution is 5.77. The topological polar surface area (TPSA) is 71.3 Å². The summed E-state index contributed by atoms with van der Waals surface area (Å²) >= 11 is 0. The molecule has 0 radical (unpaired) electrons. The maximum absolute atomic E-state index is 10.9. The third-order valence-electron chi connectivity index (χ3n) is 1.22.